The Labute approximate surface area is 113 Å². The van der Waals surface area contributed by atoms with E-state index >= 15 is 0 Å². The van der Waals surface area contributed by atoms with Gasteiger partial charge in [0, 0.05) is 11.4 Å². The van der Waals surface area contributed by atoms with E-state index in [2.05, 4.69) is 15.0 Å². The number of hydrogen-bond donors (Lipinski definition) is 2. The highest BCUT2D eigenvalue weighted by atomic mass is 32.2. The van der Waals surface area contributed by atoms with Crippen molar-refractivity contribution in [3.8, 4) is 0 Å². The van der Waals surface area contributed by atoms with Crippen LogP contribution < -0.4 is 10.0 Å². The van der Waals surface area contributed by atoms with Crippen molar-refractivity contribution in [1.82, 2.24) is 10.3 Å². The van der Waals surface area contributed by atoms with Crippen LogP contribution in [0.2, 0.25) is 0 Å². The lowest BCUT2D eigenvalue weighted by Gasteiger charge is -2.05. The third-order valence-corrected chi connectivity index (χ3v) is 4.75. The van der Waals surface area contributed by atoms with Crippen molar-refractivity contribution in [3.63, 3.8) is 0 Å². The van der Waals surface area contributed by atoms with Crippen LogP contribution in [0.25, 0.3) is 0 Å². The monoisotopic (exact) mass is 291 g/mol. The first kappa shape index (κ1) is 15.4. The molecule has 0 aromatic carbocycles. The lowest BCUT2D eigenvalue weighted by atomic mass is 10.3. The summed E-state index contributed by atoms with van der Waals surface area (Å²) >= 11 is 1.39. The second kappa shape index (κ2) is 7.06. The zero-order chi connectivity index (χ0) is 13.6. The average Bonchev–Trinajstić information content (AvgIpc) is 2.64. The predicted octanol–water partition coefficient (Wildman–Crippen LogP) is 1.76. The van der Waals surface area contributed by atoms with Crippen LogP contribution in [-0.2, 0) is 16.4 Å². The van der Waals surface area contributed by atoms with E-state index in [1.807, 2.05) is 20.8 Å². The standard InChI is InChI=1S/C11H21N3O2S2/c1-4-6-12-7-8-18(15,16)14-11-13-10(5-2)9(3)17-11/h12H,4-8H2,1-3H3,(H,13,14). The van der Waals surface area contributed by atoms with Gasteiger partial charge in [0.05, 0.1) is 11.4 Å². The van der Waals surface area contributed by atoms with E-state index < -0.39 is 10.0 Å². The molecule has 0 amide bonds. The largest absolute Gasteiger partial charge is 0.316 e. The maximum Gasteiger partial charge on any atom is 0.235 e. The molecule has 0 radical (unpaired) electrons. The van der Waals surface area contributed by atoms with Crippen LogP contribution in [0, 0.1) is 6.92 Å². The number of nitrogens with zero attached hydrogens (tertiary/aromatic N) is 1. The molecule has 0 aliphatic rings. The van der Waals surface area contributed by atoms with Crippen LogP contribution in [0.1, 0.15) is 30.8 Å². The van der Waals surface area contributed by atoms with E-state index in [0.717, 1.165) is 30.0 Å². The van der Waals surface area contributed by atoms with Crippen molar-refractivity contribution in [2.24, 2.45) is 0 Å². The lowest BCUT2D eigenvalue weighted by Crippen LogP contribution is -2.27. The molecule has 0 saturated carbocycles. The molecule has 0 spiro atoms. The van der Waals surface area contributed by atoms with Gasteiger partial charge in [0.15, 0.2) is 5.13 Å². The first-order chi connectivity index (χ1) is 8.48. The van der Waals surface area contributed by atoms with Crippen molar-refractivity contribution in [2.45, 2.75) is 33.6 Å². The summed E-state index contributed by atoms with van der Waals surface area (Å²) in [6.07, 6.45) is 1.82. The molecule has 18 heavy (non-hydrogen) atoms. The molecule has 0 aliphatic heterocycles. The van der Waals surface area contributed by atoms with Gasteiger partial charge in [-0.1, -0.05) is 13.8 Å². The molecule has 1 heterocycles. The molecule has 1 rings (SSSR count). The Balaban J connectivity index is 2.53. The Kier molecular flexibility index (Phi) is 6.04. The fraction of sp³-hybridized carbons (Fsp3) is 0.727. The number of thiazole rings is 1. The minimum atomic E-state index is -3.29. The van der Waals surface area contributed by atoms with Crippen LogP contribution in [-0.4, -0.2) is 32.2 Å². The molecule has 0 aliphatic carbocycles. The van der Waals surface area contributed by atoms with Crippen LogP contribution in [0.4, 0.5) is 5.13 Å². The quantitative estimate of drug-likeness (QED) is 0.716. The van der Waals surface area contributed by atoms with Gasteiger partial charge in [0.25, 0.3) is 0 Å². The van der Waals surface area contributed by atoms with Gasteiger partial charge in [-0.05, 0) is 26.3 Å². The van der Waals surface area contributed by atoms with Crippen molar-refractivity contribution < 1.29 is 8.42 Å². The summed E-state index contributed by atoms with van der Waals surface area (Å²) in [5.41, 5.74) is 0.960. The number of hydrogen-bond acceptors (Lipinski definition) is 5. The Morgan fingerprint density at radius 1 is 1.28 bits per heavy atom. The number of sulfonamides is 1. The van der Waals surface area contributed by atoms with Crippen molar-refractivity contribution in [1.29, 1.82) is 0 Å². The van der Waals surface area contributed by atoms with Gasteiger partial charge in [-0.25, -0.2) is 13.4 Å². The van der Waals surface area contributed by atoms with E-state index in [0.29, 0.717) is 11.7 Å². The van der Waals surface area contributed by atoms with E-state index in [4.69, 9.17) is 0 Å². The number of nitrogens with one attached hydrogen (secondary N) is 2. The van der Waals surface area contributed by atoms with E-state index in [1.54, 1.807) is 0 Å². The van der Waals surface area contributed by atoms with Gasteiger partial charge in [0.2, 0.25) is 10.0 Å². The molecule has 2 N–H and O–H groups in total. The predicted molar refractivity (Wildman–Crippen MR) is 76.8 cm³/mol. The van der Waals surface area contributed by atoms with E-state index in [1.165, 1.54) is 11.3 Å². The van der Waals surface area contributed by atoms with Crippen LogP contribution in [0.15, 0.2) is 0 Å². The third kappa shape index (κ3) is 4.91. The molecule has 5 nitrogen and oxygen atoms in total. The number of rotatable bonds is 8. The summed E-state index contributed by atoms with van der Waals surface area (Å²) in [6, 6.07) is 0. The minimum Gasteiger partial charge on any atom is -0.316 e. The molecule has 1 aromatic rings. The molecular weight excluding hydrogens is 270 g/mol. The highest BCUT2D eigenvalue weighted by Gasteiger charge is 2.13. The summed E-state index contributed by atoms with van der Waals surface area (Å²) < 4.78 is 26.1. The van der Waals surface area contributed by atoms with Crippen molar-refractivity contribution in [3.05, 3.63) is 10.6 Å². The van der Waals surface area contributed by atoms with Crippen LogP contribution in [0.3, 0.4) is 0 Å². The normalized spacial score (nSPS) is 11.7. The molecular formula is C11H21N3O2S2. The second-order valence-corrected chi connectivity index (χ2v) is 7.09. The highest BCUT2D eigenvalue weighted by Crippen LogP contribution is 2.23. The van der Waals surface area contributed by atoms with Crippen molar-refractivity contribution in [2.75, 3.05) is 23.6 Å². The summed E-state index contributed by atoms with van der Waals surface area (Å²) in [7, 11) is -3.29. The van der Waals surface area contributed by atoms with Gasteiger partial charge < -0.3 is 5.32 Å². The summed E-state index contributed by atoms with van der Waals surface area (Å²) in [5, 5.41) is 3.54. The highest BCUT2D eigenvalue weighted by molar-refractivity contribution is 7.92. The van der Waals surface area contributed by atoms with Gasteiger partial charge >= 0.3 is 0 Å². The fourth-order valence-corrected chi connectivity index (χ4v) is 3.62. The van der Waals surface area contributed by atoms with E-state index in [9.17, 15) is 8.42 Å². The first-order valence-electron chi connectivity index (χ1n) is 6.16. The molecule has 0 unspecified atom stereocenters. The van der Waals surface area contributed by atoms with Gasteiger partial charge in [-0.15, -0.1) is 11.3 Å². The summed E-state index contributed by atoms with van der Waals surface area (Å²) in [6.45, 7) is 7.32. The molecule has 0 bridgehead atoms. The minimum absolute atomic E-state index is 0.0765. The maximum atomic E-state index is 11.8. The Bertz CT molecular complexity index is 469. The van der Waals surface area contributed by atoms with Crippen LogP contribution in [0.5, 0.6) is 0 Å². The third-order valence-electron chi connectivity index (χ3n) is 2.44. The molecule has 0 atom stereocenters. The van der Waals surface area contributed by atoms with Crippen molar-refractivity contribution >= 4 is 26.5 Å². The summed E-state index contributed by atoms with van der Waals surface area (Å²) in [4.78, 5) is 5.33. The number of anilines is 1. The first-order valence-corrected chi connectivity index (χ1v) is 8.63. The Morgan fingerprint density at radius 3 is 2.56 bits per heavy atom. The zero-order valence-electron chi connectivity index (χ0n) is 11.1. The maximum absolute atomic E-state index is 11.8. The Hall–Kier alpha value is -0.660. The fourth-order valence-electron chi connectivity index (χ4n) is 1.49. The summed E-state index contributed by atoms with van der Waals surface area (Å²) in [5.74, 6) is 0.0765. The zero-order valence-corrected chi connectivity index (χ0v) is 12.7. The second-order valence-electron chi connectivity index (χ2n) is 4.05. The smallest absolute Gasteiger partial charge is 0.235 e. The van der Waals surface area contributed by atoms with E-state index in [-0.39, 0.29) is 5.75 Å². The average molecular weight is 291 g/mol. The SMILES string of the molecule is CCCNCCS(=O)(=O)Nc1nc(CC)c(C)s1. The topological polar surface area (TPSA) is 71.1 Å². The van der Waals surface area contributed by atoms with Gasteiger partial charge in [0.1, 0.15) is 0 Å². The van der Waals surface area contributed by atoms with Crippen LogP contribution >= 0.6 is 11.3 Å². The Morgan fingerprint density at radius 2 is 2.00 bits per heavy atom. The molecule has 0 fully saturated rings. The van der Waals surface area contributed by atoms with Gasteiger partial charge in [-0.3, -0.25) is 4.72 Å². The molecule has 7 heteroatoms. The number of aryl methyl sites for hydroxylation is 2. The molecule has 104 valence electrons. The number of aromatic nitrogens is 1. The lowest BCUT2D eigenvalue weighted by molar-refractivity contribution is 0.595. The molecule has 0 saturated heterocycles. The van der Waals surface area contributed by atoms with Gasteiger partial charge in [-0.2, -0.15) is 0 Å². The molecule has 1 aromatic heterocycles.